The van der Waals surface area contributed by atoms with Gasteiger partial charge in [0, 0.05) is 12.7 Å². The highest BCUT2D eigenvalue weighted by Gasteiger charge is 2.25. The quantitative estimate of drug-likeness (QED) is 0.763. The van der Waals surface area contributed by atoms with E-state index in [4.69, 9.17) is 11.6 Å². The molecule has 3 rings (SSSR count). The Morgan fingerprint density at radius 3 is 2.71 bits per heavy atom. The summed E-state index contributed by atoms with van der Waals surface area (Å²) in [5.74, 6) is 0.139. The van der Waals surface area contributed by atoms with Crippen LogP contribution in [0.5, 0.6) is 0 Å². The average Bonchev–Trinajstić information content (AvgIpc) is 2.76. The molecule has 21 heavy (non-hydrogen) atoms. The van der Waals surface area contributed by atoms with Gasteiger partial charge in [0.05, 0.1) is 11.8 Å². The lowest BCUT2D eigenvalue weighted by Crippen LogP contribution is -2.20. The molecule has 0 bridgehead atoms. The number of anilines is 1. The number of nitrogens with zero attached hydrogens (tertiary/aromatic N) is 1. The van der Waals surface area contributed by atoms with Crippen LogP contribution in [0, 0.1) is 13.8 Å². The second-order valence-corrected chi connectivity index (χ2v) is 6.11. The van der Waals surface area contributed by atoms with Crippen LogP contribution >= 0.6 is 11.6 Å². The molecular weight excluding hydrogens is 282 g/mol. The molecule has 0 saturated heterocycles. The number of fused-ring (bicyclic) bond motifs is 1. The Morgan fingerprint density at radius 1 is 1.19 bits per heavy atom. The van der Waals surface area contributed by atoms with Crippen LogP contribution in [0.1, 0.15) is 33.2 Å². The zero-order valence-corrected chi connectivity index (χ0v) is 13.2. The van der Waals surface area contributed by atoms with Crippen molar-refractivity contribution in [3.05, 3.63) is 64.2 Å². The average molecular weight is 300 g/mol. The van der Waals surface area contributed by atoms with E-state index in [9.17, 15) is 4.79 Å². The number of alkyl halides is 1. The van der Waals surface area contributed by atoms with Crippen LogP contribution in [-0.2, 0) is 11.2 Å². The van der Waals surface area contributed by atoms with Gasteiger partial charge in [0.15, 0.2) is 0 Å². The van der Waals surface area contributed by atoms with Gasteiger partial charge in [-0.2, -0.15) is 0 Å². The summed E-state index contributed by atoms with van der Waals surface area (Å²) >= 11 is 6.68. The summed E-state index contributed by atoms with van der Waals surface area (Å²) in [4.78, 5) is 13.5. The van der Waals surface area contributed by atoms with Gasteiger partial charge in [0.2, 0.25) is 5.91 Å². The molecule has 0 aliphatic carbocycles. The molecule has 0 N–H and O–H groups in total. The second kappa shape index (κ2) is 5.19. The number of benzene rings is 2. The summed E-state index contributed by atoms with van der Waals surface area (Å²) in [6, 6.07) is 12.3. The molecule has 1 amide bonds. The SMILES string of the molecule is Cc1cccc(C(Cl)c2ccc3c(c2)CC(=O)N3C)c1C. The summed E-state index contributed by atoms with van der Waals surface area (Å²) in [5, 5.41) is -0.184. The van der Waals surface area contributed by atoms with E-state index in [0.717, 1.165) is 22.4 Å². The fourth-order valence-electron chi connectivity index (χ4n) is 2.88. The first-order valence-corrected chi connectivity index (χ1v) is 7.52. The molecule has 0 spiro atoms. The molecule has 1 aliphatic rings. The van der Waals surface area contributed by atoms with Gasteiger partial charge in [-0.15, -0.1) is 11.6 Å². The first-order chi connectivity index (χ1) is 9.99. The normalized spacial score (nSPS) is 15.2. The Balaban J connectivity index is 2.00. The summed E-state index contributed by atoms with van der Waals surface area (Å²) < 4.78 is 0. The molecule has 2 nitrogen and oxygen atoms in total. The van der Waals surface area contributed by atoms with Crippen molar-refractivity contribution in [3.8, 4) is 0 Å². The van der Waals surface area contributed by atoms with Crippen LogP contribution in [0.2, 0.25) is 0 Å². The molecule has 1 atom stereocenters. The van der Waals surface area contributed by atoms with Gasteiger partial charge in [-0.25, -0.2) is 0 Å². The van der Waals surface area contributed by atoms with E-state index in [0.29, 0.717) is 6.42 Å². The molecule has 0 radical (unpaired) electrons. The molecule has 1 heterocycles. The van der Waals surface area contributed by atoms with Crippen LogP contribution in [-0.4, -0.2) is 13.0 Å². The third kappa shape index (κ3) is 2.34. The van der Waals surface area contributed by atoms with Crippen LogP contribution in [0.4, 0.5) is 5.69 Å². The lowest BCUT2D eigenvalue weighted by molar-refractivity contribution is -0.117. The lowest BCUT2D eigenvalue weighted by atomic mass is 9.95. The first kappa shape index (κ1) is 14.2. The molecular formula is C18H18ClNO. The minimum atomic E-state index is -0.184. The summed E-state index contributed by atoms with van der Waals surface area (Å²) in [6.45, 7) is 4.20. The van der Waals surface area contributed by atoms with Gasteiger partial charge in [0.1, 0.15) is 0 Å². The molecule has 0 saturated carbocycles. The Bertz CT molecular complexity index is 723. The largest absolute Gasteiger partial charge is 0.315 e. The minimum absolute atomic E-state index is 0.139. The van der Waals surface area contributed by atoms with Crippen molar-refractivity contribution in [1.29, 1.82) is 0 Å². The smallest absolute Gasteiger partial charge is 0.231 e. The summed E-state index contributed by atoms with van der Waals surface area (Å²) in [7, 11) is 1.82. The van der Waals surface area contributed by atoms with Crippen molar-refractivity contribution in [2.75, 3.05) is 11.9 Å². The second-order valence-electron chi connectivity index (χ2n) is 5.67. The highest BCUT2D eigenvalue weighted by atomic mass is 35.5. The number of halogens is 1. The fraction of sp³-hybridized carbons (Fsp3) is 0.278. The number of carbonyl (C=O) groups excluding carboxylic acids is 1. The third-order valence-corrected chi connectivity index (χ3v) is 4.88. The molecule has 108 valence electrons. The van der Waals surface area contributed by atoms with Crippen LogP contribution in [0.15, 0.2) is 36.4 Å². The highest BCUT2D eigenvalue weighted by molar-refractivity contribution is 6.22. The zero-order valence-electron chi connectivity index (χ0n) is 12.5. The summed E-state index contributed by atoms with van der Waals surface area (Å²) in [5.41, 5.74) is 6.71. The molecule has 2 aromatic carbocycles. The van der Waals surface area contributed by atoms with E-state index in [1.165, 1.54) is 11.1 Å². The van der Waals surface area contributed by atoms with Gasteiger partial charge in [-0.05, 0) is 47.7 Å². The predicted molar refractivity (Wildman–Crippen MR) is 87.2 cm³/mol. The predicted octanol–water partition coefficient (Wildman–Crippen LogP) is 4.15. The van der Waals surface area contributed by atoms with Gasteiger partial charge >= 0.3 is 0 Å². The lowest BCUT2D eigenvalue weighted by Gasteiger charge is -2.16. The molecule has 0 aromatic heterocycles. The maximum Gasteiger partial charge on any atom is 0.231 e. The van der Waals surface area contributed by atoms with E-state index >= 15 is 0 Å². The van der Waals surface area contributed by atoms with Crippen molar-refractivity contribution in [1.82, 2.24) is 0 Å². The maximum atomic E-state index is 11.8. The van der Waals surface area contributed by atoms with Gasteiger partial charge in [-0.1, -0.05) is 30.3 Å². The Kier molecular flexibility index (Phi) is 3.50. The zero-order chi connectivity index (χ0) is 15.1. The number of likely N-dealkylation sites (N-methyl/N-ethyl adjacent to an activating group) is 1. The highest BCUT2D eigenvalue weighted by Crippen LogP contribution is 2.36. The van der Waals surface area contributed by atoms with E-state index in [1.54, 1.807) is 4.90 Å². The summed E-state index contributed by atoms with van der Waals surface area (Å²) in [6.07, 6.45) is 0.468. The number of rotatable bonds is 2. The van der Waals surface area contributed by atoms with Crippen molar-refractivity contribution < 1.29 is 4.79 Å². The molecule has 3 heteroatoms. The van der Waals surface area contributed by atoms with Gasteiger partial charge in [-0.3, -0.25) is 4.79 Å². The van der Waals surface area contributed by atoms with Crippen LogP contribution in [0.3, 0.4) is 0 Å². The molecule has 2 aromatic rings. The third-order valence-electron chi connectivity index (χ3n) is 4.39. The fourth-order valence-corrected chi connectivity index (χ4v) is 3.25. The molecule has 0 fully saturated rings. The van der Waals surface area contributed by atoms with E-state index in [2.05, 4.69) is 32.0 Å². The van der Waals surface area contributed by atoms with Crippen molar-refractivity contribution >= 4 is 23.2 Å². The van der Waals surface area contributed by atoms with Crippen molar-refractivity contribution in [3.63, 3.8) is 0 Å². The van der Waals surface area contributed by atoms with Gasteiger partial charge in [0.25, 0.3) is 0 Å². The Hall–Kier alpha value is -1.80. The van der Waals surface area contributed by atoms with E-state index in [-0.39, 0.29) is 11.3 Å². The number of hydrogen-bond acceptors (Lipinski definition) is 1. The number of hydrogen-bond donors (Lipinski definition) is 0. The van der Waals surface area contributed by atoms with Crippen LogP contribution < -0.4 is 4.90 Å². The van der Waals surface area contributed by atoms with Crippen LogP contribution in [0.25, 0.3) is 0 Å². The maximum absolute atomic E-state index is 11.8. The standard InChI is InChI=1S/C18H18ClNO/c1-11-5-4-6-15(12(11)2)18(19)13-7-8-16-14(9-13)10-17(21)20(16)3/h4-9,18H,10H2,1-3H3. The first-order valence-electron chi connectivity index (χ1n) is 7.08. The molecule has 1 unspecified atom stereocenters. The Morgan fingerprint density at radius 2 is 1.95 bits per heavy atom. The van der Waals surface area contributed by atoms with Crippen molar-refractivity contribution in [2.24, 2.45) is 0 Å². The minimum Gasteiger partial charge on any atom is -0.315 e. The van der Waals surface area contributed by atoms with E-state index < -0.39 is 0 Å². The van der Waals surface area contributed by atoms with Gasteiger partial charge < -0.3 is 4.90 Å². The number of amides is 1. The number of carbonyl (C=O) groups is 1. The number of aryl methyl sites for hydroxylation is 1. The van der Waals surface area contributed by atoms with E-state index in [1.807, 2.05) is 25.2 Å². The monoisotopic (exact) mass is 299 g/mol. The Labute approximate surface area is 130 Å². The molecule has 1 aliphatic heterocycles. The van der Waals surface area contributed by atoms with Crippen molar-refractivity contribution in [2.45, 2.75) is 25.6 Å². The topological polar surface area (TPSA) is 20.3 Å².